The first-order valence-electron chi connectivity index (χ1n) is 6.00. The molecule has 0 aromatic heterocycles. The maximum atomic E-state index is 6.32. The predicted molar refractivity (Wildman–Crippen MR) is 70.9 cm³/mol. The van der Waals surface area contributed by atoms with Crippen molar-refractivity contribution in [2.45, 2.75) is 71.3 Å². The fourth-order valence-electron chi connectivity index (χ4n) is 1.49. The molecule has 0 aliphatic heterocycles. The van der Waals surface area contributed by atoms with Crippen LogP contribution in [0.15, 0.2) is 0 Å². The Morgan fingerprint density at radius 2 is 1.73 bits per heavy atom. The second-order valence-electron chi connectivity index (χ2n) is 5.89. The van der Waals surface area contributed by atoms with E-state index in [0.29, 0.717) is 17.2 Å². The molecule has 1 unspecified atom stereocenters. The SMILES string of the molecule is CC[C@H](NC)C(C)O[Si](C)(C)C(C)(C)C. The molecule has 1 N–H and O–H groups in total. The molecule has 0 aromatic rings. The molecule has 0 rings (SSSR count). The van der Waals surface area contributed by atoms with Gasteiger partial charge in [0.2, 0.25) is 0 Å². The Balaban J connectivity index is 4.45. The Morgan fingerprint density at radius 1 is 1.27 bits per heavy atom. The smallest absolute Gasteiger partial charge is 0.192 e. The third kappa shape index (κ3) is 4.25. The first kappa shape index (κ1) is 15.1. The largest absolute Gasteiger partial charge is 0.413 e. The third-order valence-electron chi connectivity index (χ3n) is 3.66. The molecule has 0 spiro atoms. The summed E-state index contributed by atoms with van der Waals surface area (Å²) in [6, 6.07) is 0.471. The summed E-state index contributed by atoms with van der Waals surface area (Å²) in [6.45, 7) is 15.9. The molecule has 2 nitrogen and oxygen atoms in total. The summed E-state index contributed by atoms with van der Waals surface area (Å²) in [7, 11) is 0.410. The van der Waals surface area contributed by atoms with Gasteiger partial charge >= 0.3 is 0 Å². The molecule has 3 heteroatoms. The molecule has 92 valence electrons. The number of nitrogens with one attached hydrogen (secondary N) is 1. The summed E-state index contributed by atoms with van der Waals surface area (Å²) in [4.78, 5) is 0. The fraction of sp³-hybridized carbons (Fsp3) is 1.00. The number of hydrogen-bond acceptors (Lipinski definition) is 2. The van der Waals surface area contributed by atoms with Gasteiger partial charge in [-0.2, -0.15) is 0 Å². The van der Waals surface area contributed by atoms with Crippen LogP contribution in [0.3, 0.4) is 0 Å². The molecule has 15 heavy (non-hydrogen) atoms. The summed E-state index contributed by atoms with van der Waals surface area (Å²) >= 11 is 0. The zero-order valence-electron chi connectivity index (χ0n) is 11.8. The molecular weight excluding hydrogens is 202 g/mol. The van der Waals surface area contributed by atoms with E-state index in [1.165, 1.54) is 0 Å². The van der Waals surface area contributed by atoms with Crippen molar-refractivity contribution in [1.82, 2.24) is 5.32 Å². The van der Waals surface area contributed by atoms with E-state index in [4.69, 9.17) is 4.43 Å². The number of rotatable bonds is 5. The van der Waals surface area contributed by atoms with Gasteiger partial charge in [0, 0.05) is 6.04 Å². The minimum atomic E-state index is -1.60. The van der Waals surface area contributed by atoms with Gasteiger partial charge in [-0.1, -0.05) is 27.7 Å². The highest BCUT2D eigenvalue weighted by atomic mass is 28.4. The Kier molecular flexibility index (Phi) is 5.51. The van der Waals surface area contributed by atoms with Crippen LogP contribution in [0.1, 0.15) is 41.0 Å². The van der Waals surface area contributed by atoms with Crippen molar-refractivity contribution >= 4 is 8.32 Å². The van der Waals surface area contributed by atoms with E-state index in [0.717, 1.165) is 6.42 Å². The molecule has 0 amide bonds. The van der Waals surface area contributed by atoms with E-state index in [-0.39, 0.29) is 0 Å². The average molecular weight is 231 g/mol. The second kappa shape index (κ2) is 5.46. The van der Waals surface area contributed by atoms with Gasteiger partial charge in [0.25, 0.3) is 0 Å². The van der Waals surface area contributed by atoms with E-state index in [9.17, 15) is 0 Å². The van der Waals surface area contributed by atoms with Gasteiger partial charge in [0.15, 0.2) is 8.32 Å². The van der Waals surface area contributed by atoms with Gasteiger partial charge in [-0.25, -0.2) is 0 Å². The summed E-state index contributed by atoms with van der Waals surface area (Å²) in [5.74, 6) is 0. The highest BCUT2D eigenvalue weighted by Gasteiger charge is 2.39. The van der Waals surface area contributed by atoms with Crippen LogP contribution in [-0.2, 0) is 4.43 Å². The van der Waals surface area contributed by atoms with E-state index >= 15 is 0 Å². The van der Waals surface area contributed by atoms with Gasteiger partial charge in [-0.3, -0.25) is 0 Å². The van der Waals surface area contributed by atoms with E-state index < -0.39 is 8.32 Å². The van der Waals surface area contributed by atoms with E-state index in [2.05, 4.69) is 53.0 Å². The van der Waals surface area contributed by atoms with Crippen LogP contribution in [0, 0.1) is 0 Å². The zero-order valence-corrected chi connectivity index (χ0v) is 12.8. The average Bonchev–Trinajstić information content (AvgIpc) is 2.03. The lowest BCUT2D eigenvalue weighted by atomic mass is 10.1. The minimum Gasteiger partial charge on any atom is -0.413 e. The summed E-state index contributed by atoms with van der Waals surface area (Å²) in [6.07, 6.45) is 1.42. The highest BCUT2D eigenvalue weighted by molar-refractivity contribution is 6.74. The van der Waals surface area contributed by atoms with Gasteiger partial charge in [0.05, 0.1) is 6.10 Å². The topological polar surface area (TPSA) is 21.3 Å². The number of hydrogen-bond donors (Lipinski definition) is 1. The van der Waals surface area contributed by atoms with Crippen molar-refractivity contribution in [2.24, 2.45) is 0 Å². The van der Waals surface area contributed by atoms with Crippen LogP contribution >= 0.6 is 0 Å². The zero-order chi connectivity index (χ0) is 12.3. The van der Waals surface area contributed by atoms with Crippen LogP contribution in [0.4, 0.5) is 0 Å². The summed E-state index contributed by atoms with van der Waals surface area (Å²) in [5, 5.41) is 3.62. The molecule has 2 atom stereocenters. The van der Waals surface area contributed by atoms with Crippen LogP contribution in [0.5, 0.6) is 0 Å². The molecule has 0 saturated heterocycles. The van der Waals surface area contributed by atoms with Crippen molar-refractivity contribution in [3.05, 3.63) is 0 Å². The van der Waals surface area contributed by atoms with E-state index in [1.54, 1.807) is 0 Å². The normalized spacial score (nSPS) is 17.6. The highest BCUT2D eigenvalue weighted by Crippen LogP contribution is 2.37. The van der Waals surface area contributed by atoms with Crippen LogP contribution in [0.2, 0.25) is 18.1 Å². The van der Waals surface area contributed by atoms with Crippen LogP contribution in [-0.4, -0.2) is 27.5 Å². The van der Waals surface area contributed by atoms with Gasteiger partial charge < -0.3 is 9.74 Å². The Morgan fingerprint density at radius 3 is 2.00 bits per heavy atom. The van der Waals surface area contributed by atoms with Crippen LogP contribution < -0.4 is 5.32 Å². The van der Waals surface area contributed by atoms with Crippen molar-refractivity contribution < 1.29 is 4.43 Å². The Hall–Kier alpha value is 0.137. The van der Waals surface area contributed by atoms with Crippen LogP contribution in [0.25, 0.3) is 0 Å². The third-order valence-corrected chi connectivity index (χ3v) is 8.24. The molecule has 0 heterocycles. The fourth-order valence-corrected chi connectivity index (χ4v) is 2.94. The van der Waals surface area contributed by atoms with Gasteiger partial charge in [0.1, 0.15) is 0 Å². The van der Waals surface area contributed by atoms with Gasteiger partial charge in [-0.05, 0) is 38.5 Å². The molecule has 0 bridgehead atoms. The Bertz CT molecular complexity index is 183. The summed E-state index contributed by atoms with van der Waals surface area (Å²) in [5.41, 5.74) is 0. The first-order valence-corrected chi connectivity index (χ1v) is 8.91. The maximum Gasteiger partial charge on any atom is 0.192 e. The van der Waals surface area contributed by atoms with Crippen molar-refractivity contribution in [3.63, 3.8) is 0 Å². The van der Waals surface area contributed by atoms with E-state index in [1.807, 2.05) is 7.05 Å². The maximum absolute atomic E-state index is 6.32. The predicted octanol–water partition coefficient (Wildman–Crippen LogP) is 3.39. The minimum absolute atomic E-state index is 0.299. The van der Waals surface area contributed by atoms with Crippen molar-refractivity contribution in [2.75, 3.05) is 7.05 Å². The molecular formula is C12H29NOSi. The van der Waals surface area contributed by atoms with Gasteiger partial charge in [-0.15, -0.1) is 0 Å². The lowest BCUT2D eigenvalue weighted by Crippen LogP contribution is -2.48. The Labute approximate surface area is 96.9 Å². The van der Waals surface area contributed by atoms with Crippen molar-refractivity contribution in [1.29, 1.82) is 0 Å². The summed E-state index contributed by atoms with van der Waals surface area (Å²) < 4.78 is 6.32. The monoisotopic (exact) mass is 231 g/mol. The lowest BCUT2D eigenvalue weighted by Gasteiger charge is -2.40. The standard InChI is InChI=1S/C12H29NOSi/c1-9-11(13-6)10(2)14-15(7,8)12(3,4)5/h10-11,13H,9H2,1-8H3/t10?,11-/m0/s1. The molecule has 0 fully saturated rings. The molecule has 0 aromatic carbocycles. The molecule has 0 saturated carbocycles. The number of likely N-dealkylation sites (N-methyl/N-ethyl adjacent to an activating group) is 1. The molecule has 0 aliphatic rings. The molecule has 0 aliphatic carbocycles. The first-order chi connectivity index (χ1) is 6.65. The second-order valence-corrected chi connectivity index (χ2v) is 10.6. The quantitative estimate of drug-likeness (QED) is 0.732. The molecule has 0 radical (unpaired) electrons. The van der Waals surface area contributed by atoms with Crippen molar-refractivity contribution in [3.8, 4) is 0 Å². The lowest BCUT2D eigenvalue weighted by molar-refractivity contribution is 0.154.